The Kier molecular flexibility index (Phi) is 6.00. The van der Waals surface area contributed by atoms with Crippen molar-refractivity contribution in [2.45, 2.75) is 36.1 Å². The van der Waals surface area contributed by atoms with E-state index in [0.29, 0.717) is 5.92 Å². The van der Waals surface area contributed by atoms with Gasteiger partial charge in [0.15, 0.2) is 0 Å². The van der Waals surface area contributed by atoms with E-state index in [1.54, 1.807) is 23.8 Å². The molecule has 0 saturated heterocycles. The van der Waals surface area contributed by atoms with Gasteiger partial charge >= 0.3 is 6.03 Å². The van der Waals surface area contributed by atoms with Crippen LogP contribution in [0.1, 0.15) is 31.9 Å². The molecule has 1 N–H and O–H groups in total. The predicted molar refractivity (Wildman–Crippen MR) is 123 cm³/mol. The third kappa shape index (κ3) is 4.17. The molecule has 1 aliphatic rings. The highest BCUT2D eigenvalue weighted by Crippen LogP contribution is 2.48. The Bertz CT molecular complexity index is 988. The average molecular weight is 419 g/mol. The molecular weight excluding hydrogens is 392 g/mol. The van der Waals surface area contributed by atoms with E-state index >= 15 is 0 Å². The first-order chi connectivity index (χ1) is 14.6. The Morgan fingerprint density at radius 2 is 1.50 bits per heavy atom. The molecule has 0 aromatic heterocycles. The van der Waals surface area contributed by atoms with Gasteiger partial charge in [0.2, 0.25) is 0 Å². The van der Waals surface area contributed by atoms with Crippen LogP contribution in [0.3, 0.4) is 0 Å². The molecule has 1 aliphatic heterocycles. The largest absolute Gasteiger partial charge is 0.497 e. The molecule has 1 atom stereocenters. The molecule has 0 radical (unpaired) electrons. The van der Waals surface area contributed by atoms with E-state index in [0.717, 1.165) is 38.9 Å². The van der Waals surface area contributed by atoms with E-state index in [-0.39, 0.29) is 12.1 Å². The number of urea groups is 1. The van der Waals surface area contributed by atoms with Crippen LogP contribution in [0, 0.1) is 5.92 Å². The van der Waals surface area contributed by atoms with Crippen molar-refractivity contribution in [2.75, 3.05) is 12.0 Å². The van der Waals surface area contributed by atoms with Gasteiger partial charge in [0.05, 0.1) is 24.5 Å². The van der Waals surface area contributed by atoms with Gasteiger partial charge in [0, 0.05) is 9.79 Å². The summed E-state index contributed by atoms with van der Waals surface area (Å²) in [4.78, 5) is 17.6. The monoisotopic (exact) mass is 418 g/mol. The van der Waals surface area contributed by atoms with Crippen LogP contribution >= 0.6 is 11.8 Å². The van der Waals surface area contributed by atoms with E-state index in [1.807, 2.05) is 60.7 Å². The van der Waals surface area contributed by atoms with Crippen molar-refractivity contribution >= 4 is 29.2 Å². The van der Waals surface area contributed by atoms with Crippen molar-refractivity contribution in [1.82, 2.24) is 5.32 Å². The second-order valence-corrected chi connectivity index (χ2v) is 8.86. The third-order valence-corrected chi connectivity index (χ3v) is 6.29. The average Bonchev–Trinajstić information content (AvgIpc) is 2.76. The molecule has 154 valence electrons. The lowest BCUT2D eigenvalue weighted by molar-refractivity contribution is 0.242. The summed E-state index contributed by atoms with van der Waals surface area (Å²) in [7, 11) is 1.66. The van der Waals surface area contributed by atoms with Crippen molar-refractivity contribution < 1.29 is 9.53 Å². The molecule has 0 bridgehead atoms. The summed E-state index contributed by atoms with van der Waals surface area (Å²) in [6.45, 7) is 4.34. The van der Waals surface area contributed by atoms with Crippen LogP contribution in [-0.2, 0) is 0 Å². The van der Waals surface area contributed by atoms with Crippen LogP contribution in [0.4, 0.5) is 16.2 Å². The van der Waals surface area contributed by atoms with Gasteiger partial charge in [-0.3, -0.25) is 4.90 Å². The fraction of sp³-hybridized carbons (Fsp3) is 0.240. The second kappa shape index (κ2) is 8.84. The fourth-order valence-electron chi connectivity index (χ4n) is 3.72. The molecule has 0 aliphatic carbocycles. The fourth-order valence-corrected chi connectivity index (χ4v) is 4.78. The van der Waals surface area contributed by atoms with E-state index in [2.05, 4.69) is 31.3 Å². The van der Waals surface area contributed by atoms with Crippen molar-refractivity contribution in [2.24, 2.45) is 5.92 Å². The van der Waals surface area contributed by atoms with E-state index in [9.17, 15) is 4.79 Å². The summed E-state index contributed by atoms with van der Waals surface area (Å²) in [5, 5.41) is 3.29. The van der Waals surface area contributed by atoms with Crippen LogP contribution in [0.2, 0.25) is 0 Å². The van der Waals surface area contributed by atoms with Crippen molar-refractivity contribution in [3.05, 3.63) is 78.4 Å². The molecule has 2 amide bonds. The zero-order chi connectivity index (χ0) is 21.1. The number of methoxy groups -OCH3 is 1. The molecule has 0 unspecified atom stereocenters. The lowest BCUT2D eigenvalue weighted by atomic mass is 9.97. The lowest BCUT2D eigenvalue weighted by Gasteiger charge is -2.33. The molecule has 5 heteroatoms. The molecule has 3 aromatic carbocycles. The number of carbonyl (C=O) groups is 1. The summed E-state index contributed by atoms with van der Waals surface area (Å²) in [6, 6.07) is 23.8. The molecule has 0 spiro atoms. The number of rotatable bonds is 5. The number of nitrogens with one attached hydrogen (secondary N) is 1. The van der Waals surface area contributed by atoms with Crippen LogP contribution in [0.5, 0.6) is 5.75 Å². The van der Waals surface area contributed by atoms with E-state index < -0.39 is 0 Å². The van der Waals surface area contributed by atoms with Crippen molar-refractivity contribution in [3.8, 4) is 5.75 Å². The summed E-state index contributed by atoms with van der Waals surface area (Å²) in [5.74, 6) is 1.25. The lowest BCUT2D eigenvalue weighted by Crippen LogP contribution is -2.40. The Hall–Kier alpha value is -2.92. The van der Waals surface area contributed by atoms with Gasteiger partial charge in [0.1, 0.15) is 5.75 Å². The molecular formula is C25H26N2O2S. The Morgan fingerprint density at radius 3 is 2.03 bits per heavy atom. The summed E-state index contributed by atoms with van der Waals surface area (Å²) in [6.07, 6.45) is 0.851. The van der Waals surface area contributed by atoms with Gasteiger partial charge in [-0.1, -0.05) is 62.0 Å². The minimum atomic E-state index is -0.114. The number of hydrogen-bond acceptors (Lipinski definition) is 3. The topological polar surface area (TPSA) is 41.6 Å². The van der Waals surface area contributed by atoms with Crippen LogP contribution < -0.4 is 15.0 Å². The number of carbonyl (C=O) groups excluding carboxylic acids is 1. The molecule has 30 heavy (non-hydrogen) atoms. The molecule has 0 saturated carbocycles. The number of hydrogen-bond donors (Lipinski definition) is 1. The number of fused-ring (bicyclic) bond motifs is 2. The Labute approximate surface area is 182 Å². The van der Waals surface area contributed by atoms with Gasteiger partial charge < -0.3 is 10.1 Å². The molecule has 0 fully saturated rings. The highest BCUT2D eigenvalue weighted by molar-refractivity contribution is 7.99. The zero-order valence-corrected chi connectivity index (χ0v) is 18.3. The summed E-state index contributed by atoms with van der Waals surface area (Å²) in [5.41, 5.74) is 2.90. The molecule has 4 nitrogen and oxygen atoms in total. The summed E-state index contributed by atoms with van der Waals surface area (Å²) < 4.78 is 5.29. The van der Waals surface area contributed by atoms with Gasteiger partial charge in [-0.15, -0.1) is 0 Å². The highest BCUT2D eigenvalue weighted by atomic mass is 32.2. The highest BCUT2D eigenvalue weighted by Gasteiger charge is 2.29. The maximum Gasteiger partial charge on any atom is 0.327 e. The third-order valence-electron chi connectivity index (χ3n) is 5.16. The molecule has 1 heterocycles. The standard InChI is InChI=1S/C25H26N2O2S/c1-17(2)16-20(18-12-14-19(29-3)15-13-18)26-25(28)27-21-8-4-6-10-23(21)30-24-11-7-5-9-22(24)27/h4-15,17,20H,16H2,1-3H3,(H,26,28)/t20-/m1/s1. The normalized spacial score (nSPS) is 13.4. The van der Waals surface area contributed by atoms with Crippen LogP contribution in [0.15, 0.2) is 82.6 Å². The van der Waals surface area contributed by atoms with Gasteiger partial charge in [-0.05, 0) is 54.3 Å². The first-order valence-electron chi connectivity index (χ1n) is 10.2. The molecule has 4 rings (SSSR count). The van der Waals surface area contributed by atoms with Crippen molar-refractivity contribution in [3.63, 3.8) is 0 Å². The number of ether oxygens (including phenoxy) is 1. The number of para-hydroxylation sites is 2. The minimum Gasteiger partial charge on any atom is -0.497 e. The number of amides is 2. The summed E-state index contributed by atoms with van der Waals surface area (Å²) >= 11 is 1.70. The minimum absolute atomic E-state index is 0.0858. The second-order valence-electron chi connectivity index (χ2n) is 7.78. The maximum atomic E-state index is 13.6. The first-order valence-corrected chi connectivity index (χ1v) is 11.0. The quantitative estimate of drug-likeness (QED) is 0.496. The van der Waals surface area contributed by atoms with Crippen LogP contribution in [0.25, 0.3) is 0 Å². The van der Waals surface area contributed by atoms with Gasteiger partial charge in [-0.2, -0.15) is 0 Å². The maximum absolute atomic E-state index is 13.6. The number of benzene rings is 3. The van der Waals surface area contributed by atoms with Crippen molar-refractivity contribution in [1.29, 1.82) is 0 Å². The smallest absolute Gasteiger partial charge is 0.327 e. The zero-order valence-electron chi connectivity index (χ0n) is 17.5. The van der Waals surface area contributed by atoms with Crippen LogP contribution in [-0.4, -0.2) is 13.1 Å². The Morgan fingerprint density at radius 1 is 0.933 bits per heavy atom. The molecule has 3 aromatic rings. The van der Waals surface area contributed by atoms with Gasteiger partial charge in [0.25, 0.3) is 0 Å². The van der Waals surface area contributed by atoms with E-state index in [1.165, 1.54) is 0 Å². The van der Waals surface area contributed by atoms with E-state index in [4.69, 9.17) is 4.74 Å². The first kappa shape index (κ1) is 20.4. The predicted octanol–water partition coefficient (Wildman–Crippen LogP) is 6.79. The number of nitrogens with zero attached hydrogens (tertiary/aromatic N) is 1. The SMILES string of the molecule is COc1ccc([C@@H](CC(C)C)NC(=O)N2c3ccccc3Sc3ccccc32)cc1. The Balaban J connectivity index is 1.67. The number of anilines is 2. The van der Waals surface area contributed by atoms with Gasteiger partial charge in [-0.25, -0.2) is 4.79 Å².